The molecule has 1 aromatic rings. The number of rotatable bonds is 4. The number of benzene rings is 1. The summed E-state index contributed by atoms with van der Waals surface area (Å²) in [4.78, 5) is 25.9. The fourth-order valence-electron chi connectivity index (χ4n) is 2.39. The molecule has 118 valence electrons. The highest BCUT2D eigenvalue weighted by Crippen LogP contribution is 2.27. The lowest BCUT2D eigenvalue weighted by molar-refractivity contribution is -0.122. The highest BCUT2D eigenvalue weighted by Gasteiger charge is 2.32. The molecule has 7 heteroatoms. The zero-order valence-corrected chi connectivity index (χ0v) is 13.3. The topological polar surface area (TPSA) is 83.6 Å². The van der Waals surface area contributed by atoms with E-state index in [4.69, 9.17) is 0 Å². The van der Waals surface area contributed by atoms with Crippen LogP contribution in [0.2, 0.25) is 0 Å². The molecule has 0 aromatic heterocycles. The molecule has 2 rings (SSSR count). The first-order chi connectivity index (χ1) is 10.3. The van der Waals surface area contributed by atoms with E-state index in [9.17, 15) is 18.0 Å². The minimum atomic E-state index is -3.20. The molecule has 22 heavy (non-hydrogen) atoms. The number of fused-ring (bicyclic) bond motifs is 1. The third kappa shape index (κ3) is 3.73. The number of nitrogens with one attached hydrogen (secondary N) is 1. The molecule has 0 saturated carbocycles. The van der Waals surface area contributed by atoms with Crippen molar-refractivity contribution < 1.29 is 18.0 Å². The van der Waals surface area contributed by atoms with Crippen LogP contribution in [0.3, 0.4) is 0 Å². The Morgan fingerprint density at radius 1 is 1.41 bits per heavy atom. The zero-order chi connectivity index (χ0) is 16.3. The molecule has 1 aliphatic rings. The quantitative estimate of drug-likeness (QED) is 0.876. The minimum absolute atomic E-state index is 0.100. The zero-order valence-electron chi connectivity index (χ0n) is 12.4. The Bertz CT molecular complexity index is 725. The van der Waals surface area contributed by atoms with Crippen molar-refractivity contribution >= 4 is 21.7 Å². The number of carbonyl (C=O) groups excluding carboxylic acids is 2. The number of nitrogens with zero attached hydrogens (tertiary/aromatic N) is 1. The number of carbonyl (C=O) groups is 2. The largest absolute Gasteiger partial charge is 0.352 e. The average Bonchev–Trinajstić information content (AvgIpc) is 2.46. The smallest absolute Gasteiger partial charge is 0.253 e. The average molecular weight is 322 g/mol. The summed E-state index contributed by atoms with van der Waals surface area (Å²) in [7, 11) is -1.54. The second-order valence-electron chi connectivity index (χ2n) is 5.27. The van der Waals surface area contributed by atoms with Gasteiger partial charge in [0.15, 0.2) is 9.84 Å². The lowest BCUT2D eigenvalue weighted by Gasteiger charge is -2.30. The third-order valence-corrected chi connectivity index (χ3v) is 4.11. The van der Waals surface area contributed by atoms with Crippen molar-refractivity contribution in [2.45, 2.75) is 5.92 Å². The molecule has 0 saturated heterocycles. The maximum atomic E-state index is 12.3. The summed E-state index contributed by atoms with van der Waals surface area (Å²) in [6.07, 6.45) is 2.47. The number of hydrogen-bond acceptors (Lipinski definition) is 4. The van der Waals surface area contributed by atoms with Crippen LogP contribution in [-0.4, -0.2) is 51.5 Å². The Labute approximate surface area is 129 Å². The predicted molar refractivity (Wildman–Crippen MR) is 83.1 cm³/mol. The first-order valence-corrected chi connectivity index (χ1v) is 8.74. The van der Waals surface area contributed by atoms with Crippen LogP contribution in [0.4, 0.5) is 0 Å². The monoisotopic (exact) mass is 322 g/mol. The molecule has 0 aliphatic carbocycles. The number of sulfone groups is 1. The van der Waals surface area contributed by atoms with Crippen LogP contribution in [0.15, 0.2) is 35.7 Å². The van der Waals surface area contributed by atoms with Crippen LogP contribution >= 0.6 is 0 Å². The van der Waals surface area contributed by atoms with Gasteiger partial charge >= 0.3 is 0 Å². The van der Waals surface area contributed by atoms with Crippen molar-refractivity contribution in [2.75, 3.05) is 26.4 Å². The van der Waals surface area contributed by atoms with Gasteiger partial charge in [-0.3, -0.25) is 9.59 Å². The Morgan fingerprint density at radius 3 is 2.77 bits per heavy atom. The molecule has 1 unspecified atom stereocenters. The standard InChI is InChI=1S/C15H18N2O4S/c1-17-10-13(11-6-3-4-7-12(11)15(17)19)14(18)16-8-5-9-22(2,20)21/h3-7,9,13H,8,10H2,1-2H3,(H,16,18)/b9-5+. The Balaban J connectivity index is 2.12. The van der Waals surface area contributed by atoms with Gasteiger partial charge in [0.05, 0.1) is 5.92 Å². The first kappa shape index (κ1) is 16.2. The van der Waals surface area contributed by atoms with Crippen molar-refractivity contribution in [2.24, 2.45) is 0 Å². The third-order valence-electron chi connectivity index (χ3n) is 3.42. The minimum Gasteiger partial charge on any atom is -0.352 e. The molecule has 0 bridgehead atoms. The lowest BCUT2D eigenvalue weighted by Crippen LogP contribution is -2.43. The summed E-state index contributed by atoms with van der Waals surface area (Å²) in [6, 6.07) is 7.04. The van der Waals surface area contributed by atoms with E-state index in [2.05, 4.69) is 5.32 Å². The van der Waals surface area contributed by atoms with E-state index in [0.717, 1.165) is 11.7 Å². The molecule has 0 fully saturated rings. The van der Waals surface area contributed by atoms with Crippen molar-refractivity contribution in [3.63, 3.8) is 0 Å². The molecular formula is C15H18N2O4S. The van der Waals surface area contributed by atoms with E-state index in [1.54, 1.807) is 31.3 Å². The first-order valence-electron chi connectivity index (χ1n) is 6.78. The van der Waals surface area contributed by atoms with E-state index in [1.165, 1.54) is 11.0 Å². The SMILES string of the molecule is CN1CC(C(=O)NC/C=C/S(C)(=O)=O)c2ccccc2C1=O. The summed E-state index contributed by atoms with van der Waals surface area (Å²) < 4.78 is 22.0. The molecular weight excluding hydrogens is 304 g/mol. The summed E-state index contributed by atoms with van der Waals surface area (Å²) in [6.45, 7) is 0.430. The van der Waals surface area contributed by atoms with E-state index >= 15 is 0 Å². The van der Waals surface area contributed by atoms with E-state index in [-0.39, 0.29) is 18.4 Å². The van der Waals surface area contributed by atoms with E-state index < -0.39 is 15.8 Å². The van der Waals surface area contributed by atoms with Gasteiger partial charge in [-0.15, -0.1) is 0 Å². The van der Waals surface area contributed by atoms with Crippen molar-refractivity contribution in [3.8, 4) is 0 Å². The molecule has 1 N–H and O–H groups in total. The maximum absolute atomic E-state index is 12.3. The highest BCUT2D eigenvalue weighted by molar-refractivity contribution is 7.93. The van der Waals surface area contributed by atoms with Gasteiger partial charge in [-0.05, 0) is 11.6 Å². The second-order valence-corrected chi connectivity index (χ2v) is 7.20. The van der Waals surface area contributed by atoms with Crippen molar-refractivity contribution in [1.29, 1.82) is 0 Å². The normalized spacial score (nSPS) is 18.4. The van der Waals surface area contributed by atoms with Gasteiger partial charge < -0.3 is 10.2 Å². The van der Waals surface area contributed by atoms with Crippen LogP contribution in [0, 0.1) is 0 Å². The summed E-state index contributed by atoms with van der Waals surface area (Å²) in [5.41, 5.74) is 1.23. The summed E-state index contributed by atoms with van der Waals surface area (Å²) >= 11 is 0. The van der Waals surface area contributed by atoms with Gasteiger partial charge in [0.1, 0.15) is 0 Å². The number of likely N-dealkylation sites (N-methyl/N-ethyl adjacent to an activating group) is 1. The highest BCUT2D eigenvalue weighted by atomic mass is 32.2. The Kier molecular flexibility index (Phi) is 4.65. The van der Waals surface area contributed by atoms with Crippen molar-refractivity contribution in [1.82, 2.24) is 10.2 Å². The van der Waals surface area contributed by atoms with Gasteiger partial charge in [-0.1, -0.05) is 24.3 Å². The van der Waals surface area contributed by atoms with Gasteiger partial charge in [-0.2, -0.15) is 0 Å². The maximum Gasteiger partial charge on any atom is 0.253 e. The van der Waals surface area contributed by atoms with Gasteiger partial charge in [0.2, 0.25) is 5.91 Å². The summed E-state index contributed by atoms with van der Waals surface area (Å²) in [5, 5.41) is 3.73. The molecule has 1 atom stereocenters. The molecule has 0 radical (unpaired) electrons. The van der Waals surface area contributed by atoms with E-state index in [0.29, 0.717) is 17.7 Å². The number of amides is 2. The molecule has 6 nitrogen and oxygen atoms in total. The van der Waals surface area contributed by atoms with Crippen LogP contribution in [0.1, 0.15) is 21.8 Å². The lowest BCUT2D eigenvalue weighted by atomic mass is 9.89. The van der Waals surface area contributed by atoms with Gasteiger partial charge in [0, 0.05) is 37.4 Å². The van der Waals surface area contributed by atoms with Crippen LogP contribution in [-0.2, 0) is 14.6 Å². The fraction of sp³-hybridized carbons (Fsp3) is 0.333. The predicted octanol–water partition coefficient (Wildman–Crippen LogP) is 0.530. The fourth-order valence-corrected chi connectivity index (χ4v) is 2.83. The summed E-state index contributed by atoms with van der Waals surface area (Å²) in [5.74, 6) is -0.785. The Hall–Kier alpha value is -2.15. The molecule has 1 aromatic carbocycles. The molecule has 0 spiro atoms. The Morgan fingerprint density at radius 2 is 2.09 bits per heavy atom. The van der Waals surface area contributed by atoms with Gasteiger partial charge in [-0.25, -0.2) is 8.42 Å². The van der Waals surface area contributed by atoms with Crippen molar-refractivity contribution in [3.05, 3.63) is 46.9 Å². The van der Waals surface area contributed by atoms with Crippen LogP contribution in [0.5, 0.6) is 0 Å². The van der Waals surface area contributed by atoms with Crippen LogP contribution < -0.4 is 5.32 Å². The van der Waals surface area contributed by atoms with Crippen LogP contribution in [0.25, 0.3) is 0 Å². The second kappa shape index (κ2) is 6.31. The molecule has 1 heterocycles. The molecule has 2 amide bonds. The van der Waals surface area contributed by atoms with E-state index in [1.807, 2.05) is 0 Å². The number of hydrogen-bond donors (Lipinski definition) is 1. The van der Waals surface area contributed by atoms with Gasteiger partial charge in [0.25, 0.3) is 5.91 Å². The molecule has 1 aliphatic heterocycles.